The van der Waals surface area contributed by atoms with E-state index < -0.39 is 11.5 Å². The Morgan fingerprint density at radius 1 is 1.35 bits per heavy atom. The SMILES string of the molecule is O=C1CN(C(=O)c2ccc[nH]c2=O)CCCN1. The average Bonchev–Trinajstić information content (AvgIpc) is 2.54. The molecule has 2 amide bonds. The maximum atomic E-state index is 12.0. The van der Waals surface area contributed by atoms with Gasteiger partial charge in [0.2, 0.25) is 5.91 Å². The number of aromatic nitrogens is 1. The summed E-state index contributed by atoms with van der Waals surface area (Å²) in [5.74, 6) is -0.591. The molecule has 0 unspecified atom stereocenters. The summed E-state index contributed by atoms with van der Waals surface area (Å²) in [6.07, 6.45) is 2.16. The fourth-order valence-electron chi connectivity index (χ4n) is 1.74. The molecule has 1 aliphatic heterocycles. The van der Waals surface area contributed by atoms with Gasteiger partial charge in [0.25, 0.3) is 11.5 Å². The van der Waals surface area contributed by atoms with Crippen molar-refractivity contribution in [1.29, 1.82) is 0 Å². The Bertz CT molecular complexity index is 495. The summed E-state index contributed by atoms with van der Waals surface area (Å²) in [6, 6.07) is 3.05. The number of amides is 2. The topological polar surface area (TPSA) is 82.3 Å². The van der Waals surface area contributed by atoms with Crippen molar-refractivity contribution in [2.45, 2.75) is 6.42 Å². The monoisotopic (exact) mass is 235 g/mol. The van der Waals surface area contributed by atoms with Crippen LogP contribution in [0.1, 0.15) is 16.8 Å². The van der Waals surface area contributed by atoms with Crippen LogP contribution in [-0.4, -0.2) is 41.3 Å². The molecule has 0 saturated carbocycles. The Labute approximate surface area is 97.6 Å². The van der Waals surface area contributed by atoms with Crippen LogP contribution in [0.4, 0.5) is 0 Å². The van der Waals surface area contributed by atoms with Gasteiger partial charge in [0.1, 0.15) is 5.56 Å². The third-order valence-corrected chi connectivity index (χ3v) is 2.60. The van der Waals surface area contributed by atoms with Crippen molar-refractivity contribution in [2.75, 3.05) is 19.6 Å². The lowest BCUT2D eigenvalue weighted by Crippen LogP contribution is -2.39. The number of aromatic amines is 1. The molecule has 0 spiro atoms. The van der Waals surface area contributed by atoms with Crippen LogP contribution in [0.25, 0.3) is 0 Å². The van der Waals surface area contributed by atoms with Gasteiger partial charge in [-0.15, -0.1) is 0 Å². The molecule has 6 nitrogen and oxygen atoms in total. The second-order valence-electron chi connectivity index (χ2n) is 3.84. The van der Waals surface area contributed by atoms with Gasteiger partial charge < -0.3 is 15.2 Å². The zero-order valence-corrected chi connectivity index (χ0v) is 9.23. The molecule has 0 aromatic carbocycles. The third-order valence-electron chi connectivity index (χ3n) is 2.60. The standard InChI is InChI=1S/C11H13N3O3/c15-9-7-14(6-2-5-12-9)11(17)8-3-1-4-13-10(8)16/h1,3-4H,2,5-7H2,(H,12,15)(H,13,16). The van der Waals surface area contributed by atoms with E-state index in [1.165, 1.54) is 17.2 Å². The van der Waals surface area contributed by atoms with Crippen LogP contribution in [0.15, 0.2) is 23.1 Å². The van der Waals surface area contributed by atoms with Crippen LogP contribution < -0.4 is 10.9 Å². The van der Waals surface area contributed by atoms with Gasteiger partial charge in [0, 0.05) is 19.3 Å². The molecule has 1 aliphatic rings. The molecule has 2 rings (SSSR count). The van der Waals surface area contributed by atoms with Crippen LogP contribution in [0, 0.1) is 0 Å². The van der Waals surface area contributed by atoms with E-state index in [0.29, 0.717) is 19.5 Å². The average molecular weight is 235 g/mol. The fraction of sp³-hybridized carbons (Fsp3) is 0.364. The van der Waals surface area contributed by atoms with Gasteiger partial charge in [-0.25, -0.2) is 0 Å². The maximum absolute atomic E-state index is 12.0. The number of hydrogen-bond acceptors (Lipinski definition) is 3. The predicted molar refractivity (Wildman–Crippen MR) is 60.6 cm³/mol. The largest absolute Gasteiger partial charge is 0.354 e. The van der Waals surface area contributed by atoms with Gasteiger partial charge in [-0.1, -0.05) is 0 Å². The van der Waals surface area contributed by atoms with E-state index in [9.17, 15) is 14.4 Å². The number of carbonyl (C=O) groups excluding carboxylic acids is 2. The molecular formula is C11H13N3O3. The molecule has 0 atom stereocenters. The van der Waals surface area contributed by atoms with Crippen molar-refractivity contribution in [3.63, 3.8) is 0 Å². The minimum atomic E-state index is -0.429. The number of H-pyrrole nitrogens is 1. The Morgan fingerprint density at radius 2 is 2.18 bits per heavy atom. The second kappa shape index (κ2) is 4.82. The lowest BCUT2D eigenvalue weighted by molar-refractivity contribution is -0.121. The highest BCUT2D eigenvalue weighted by atomic mass is 16.2. The highest BCUT2D eigenvalue weighted by Gasteiger charge is 2.22. The van der Waals surface area contributed by atoms with E-state index in [2.05, 4.69) is 10.3 Å². The molecule has 1 aromatic rings. The van der Waals surface area contributed by atoms with Gasteiger partial charge >= 0.3 is 0 Å². The Kier molecular flexibility index (Phi) is 3.22. The molecule has 1 aromatic heterocycles. The minimum absolute atomic E-state index is 0.00711. The summed E-state index contributed by atoms with van der Waals surface area (Å²) in [4.78, 5) is 38.7. The van der Waals surface area contributed by atoms with Crippen molar-refractivity contribution in [2.24, 2.45) is 0 Å². The highest BCUT2D eigenvalue weighted by Crippen LogP contribution is 2.02. The summed E-state index contributed by atoms with van der Waals surface area (Å²) < 4.78 is 0. The molecular weight excluding hydrogens is 222 g/mol. The lowest BCUT2D eigenvalue weighted by atomic mass is 10.2. The number of nitrogens with one attached hydrogen (secondary N) is 2. The summed E-state index contributed by atoms with van der Waals surface area (Å²) >= 11 is 0. The van der Waals surface area contributed by atoms with E-state index in [1.807, 2.05) is 0 Å². The fourth-order valence-corrected chi connectivity index (χ4v) is 1.74. The summed E-state index contributed by atoms with van der Waals surface area (Å²) in [5, 5.41) is 2.68. The summed E-state index contributed by atoms with van der Waals surface area (Å²) in [7, 11) is 0. The van der Waals surface area contributed by atoms with Gasteiger partial charge in [0.15, 0.2) is 0 Å². The molecule has 1 saturated heterocycles. The summed E-state index contributed by atoms with van der Waals surface area (Å²) in [6.45, 7) is 1.05. The van der Waals surface area contributed by atoms with Gasteiger partial charge in [-0.05, 0) is 18.6 Å². The molecule has 2 N–H and O–H groups in total. The zero-order chi connectivity index (χ0) is 12.3. The molecule has 1 fully saturated rings. The first kappa shape index (κ1) is 11.4. The molecule has 6 heteroatoms. The number of nitrogens with zero attached hydrogens (tertiary/aromatic N) is 1. The Hall–Kier alpha value is -2.11. The van der Waals surface area contributed by atoms with Crippen LogP contribution >= 0.6 is 0 Å². The van der Waals surface area contributed by atoms with Crippen molar-refractivity contribution < 1.29 is 9.59 Å². The van der Waals surface area contributed by atoms with Crippen molar-refractivity contribution in [3.05, 3.63) is 34.2 Å². The van der Waals surface area contributed by atoms with Crippen LogP contribution in [0.2, 0.25) is 0 Å². The quantitative estimate of drug-likeness (QED) is 0.677. The van der Waals surface area contributed by atoms with Crippen molar-refractivity contribution in [3.8, 4) is 0 Å². The summed E-state index contributed by atoms with van der Waals surface area (Å²) in [5.41, 5.74) is -0.357. The number of hydrogen-bond donors (Lipinski definition) is 2. The maximum Gasteiger partial charge on any atom is 0.260 e. The Morgan fingerprint density at radius 3 is 2.94 bits per heavy atom. The van der Waals surface area contributed by atoms with E-state index in [4.69, 9.17) is 0 Å². The first-order chi connectivity index (χ1) is 8.18. The number of rotatable bonds is 1. The first-order valence-electron chi connectivity index (χ1n) is 5.42. The molecule has 90 valence electrons. The molecule has 2 heterocycles. The Balaban J connectivity index is 2.22. The molecule has 0 aliphatic carbocycles. The van der Waals surface area contributed by atoms with Crippen LogP contribution in [-0.2, 0) is 4.79 Å². The smallest absolute Gasteiger partial charge is 0.260 e. The number of carbonyl (C=O) groups is 2. The van der Waals surface area contributed by atoms with E-state index in [1.54, 1.807) is 6.07 Å². The number of pyridine rings is 1. The highest BCUT2D eigenvalue weighted by molar-refractivity contribution is 5.96. The van der Waals surface area contributed by atoms with E-state index in [-0.39, 0.29) is 18.0 Å². The molecule has 17 heavy (non-hydrogen) atoms. The molecule has 0 bridgehead atoms. The normalized spacial score (nSPS) is 16.2. The van der Waals surface area contributed by atoms with Crippen LogP contribution in [0.3, 0.4) is 0 Å². The minimum Gasteiger partial charge on any atom is -0.354 e. The predicted octanol–water partition coefficient (Wildman–Crippen LogP) is -0.663. The lowest BCUT2D eigenvalue weighted by Gasteiger charge is -2.18. The van der Waals surface area contributed by atoms with E-state index >= 15 is 0 Å². The van der Waals surface area contributed by atoms with E-state index in [0.717, 1.165) is 0 Å². The van der Waals surface area contributed by atoms with Gasteiger partial charge in [-0.3, -0.25) is 14.4 Å². The van der Waals surface area contributed by atoms with Gasteiger partial charge in [0.05, 0.1) is 6.54 Å². The molecule has 0 radical (unpaired) electrons. The first-order valence-corrected chi connectivity index (χ1v) is 5.42. The van der Waals surface area contributed by atoms with Crippen molar-refractivity contribution >= 4 is 11.8 Å². The zero-order valence-electron chi connectivity index (χ0n) is 9.23. The van der Waals surface area contributed by atoms with Crippen molar-refractivity contribution in [1.82, 2.24) is 15.2 Å². The van der Waals surface area contributed by atoms with Gasteiger partial charge in [-0.2, -0.15) is 0 Å². The second-order valence-corrected chi connectivity index (χ2v) is 3.84. The van der Waals surface area contributed by atoms with Crippen LogP contribution in [0.5, 0.6) is 0 Å². The third kappa shape index (κ3) is 2.52.